The van der Waals surface area contributed by atoms with E-state index < -0.39 is 0 Å². The molecule has 1 aromatic heterocycles. The topological polar surface area (TPSA) is 89.8 Å². The number of carbonyl (C=O) groups excluding carboxylic acids is 2. The van der Waals surface area contributed by atoms with Crippen molar-refractivity contribution in [2.75, 3.05) is 5.32 Å². The van der Waals surface area contributed by atoms with Crippen LogP contribution in [0.3, 0.4) is 0 Å². The fraction of sp³-hybridized carbons (Fsp3) is 0.250. The fourth-order valence-electron chi connectivity index (χ4n) is 2.90. The zero-order valence-corrected chi connectivity index (χ0v) is 14.7. The molecule has 2 aromatic carbocycles. The molecule has 27 heavy (non-hydrogen) atoms. The third kappa shape index (κ3) is 4.08. The first-order valence-electron chi connectivity index (χ1n) is 8.97. The van der Waals surface area contributed by atoms with Crippen LogP contribution < -0.4 is 5.32 Å². The first kappa shape index (κ1) is 17.1. The van der Waals surface area contributed by atoms with Crippen LogP contribution in [0.25, 0.3) is 11.4 Å². The SMILES string of the molecule is O=C(CCC(=O)c1ccccc1)Nc1cccc(-c2nnnn2C2CC2)c1. The molecule has 7 heteroatoms. The molecule has 1 saturated carbocycles. The van der Waals surface area contributed by atoms with Gasteiger partial charge in [-0.1, -0.05) is 42.5 Å². The Labute approximate surface area is 156 Å². The van der Waals surface area contributed by atoms with Gasteiger partial charge < -0.3 is 5.32 Å². The predicted octanol–water partition coefficient (Wildman–Crippen LogP) is 3.28. The number of hydrogen-bond acceptors (Lipinski definition) is 5. The zero-order valence-electron chi connectivity index (χ0n) is 14.7. The van der Waals surface area contributed by atoms with Gasteiger partial charge in [0.1, 0.15) is 0 Å². The molecule has 1 N–H and O–H groups in total. The van der Waals surface area contributed by atoms with Gasteiger partial charge in [-0.25, -0.2) is 4.68 Å². The van der Waals surface area contributed by atoms with E-state index in [1.165, 1.54) is 0 Å². The molecular weight excluding hydrogens is 342 g/mol. The number of hydrogen-bond donors (Lipinski definition) is 1. The molecule has 3 aromatic rings. The number of tetrazole rings is 1. The number of benzene rings is 2. The van der Waals surface area contributed by atoms with E-state index in [1.807, 2.05) is 47.1 Å². The molecule has 0 radical (unpaired) electrons. The average Bonchev–Trinajstić information content (AvgIpc) is 3.43. The van der Waals surface area contributed by atoms with Crippen molar-refractivity contribution in [2.45, 2.75) is 31.7 Å². The number of carbonyl (C=O) groups is 2. The molecule has 1 aliphatic carbocycles. The number of rotatable bonds is 7. The van der Waals surface area contributed by atoms with Gasteiger partial charge in [0.15, 0.2) is 11.6 Å². The molecule has 1 aliphatic rings. The Morgan fingerprint density at radius 3 is 2.63 bits per heavy atom. The first-order valence-corrected chi connectivity index (χ1v) is 8.97. The second-order valence-electron chi connectivity index (χ2n) is 6.60. The van der Waals surface area contributed by atoms with Crippen molar-refractivity contribution in [1.29, 1.82) is 0 Å². The van der Waals surface area contributed by atoms with Crippen LogP contribution in [0.2, 0.25) is 0 Å². The van der Waals surface area contributed by atoms with Crippen LogP contribution in [0.1, 0.15) is 42.1 Å². The summed E-state index contributed by atoms with van der Waals surface area (Å²) in [6, 6.07) is 16.8. The van der Waals surface area contributed by atoms with Crippen LogP contribution in [0.15, 0.2) is 54.6 Å². The van der Waals surface area contributed by atoms with Crippen molar-refractivity contribution >= 4 is 17.4 Å². The highest BCUT2D eigenvalue weighted by Crippen LogP contribution is 2.36. The smallest absolute Gasteiger partial charge is 0.224 e. The van der Waals surface area contributed by atoms with Crippen LogP contribution in [0, 0.1) is 0 Å². The Bertz CT molecular complexity index is 963. The molecule has 1 amide bonds. The highest BCUT2D eigenvalue weighted by molar-refractivity contribution is 6.00. The minimum absolute atomic E-state index is 0.0388. The van der Waals surface area contributed by atoms with E-state index in [2.05, 4.69) is 20.8 Å². The van der Waals surface area contributed by atoms with Gasteiger partial charge in [0.05, 0.1) is 6.04 Å². The van der Waals surface area contributed by atoms with E-state index >= 15 is 0 Å². The maximum absolute atomic E-state index is 12.2. The van der Waals surface area contributed by atoms with E-state index in [9.17, 15) is 9.59 Å². The summed E-state index contributed by atoms with van der Waals surface area (Å²) in [4.78, 5) is 24.3. The molecule has 0 saturated heterocycles. The number of Topliss-reactive ketones (excluding diaryl/α,β-unsaturated/α-hetero) is 1. The van der Waals surface area contributed by atoms with E-state index in [0.717, 1.165) is 18.4 Å². The number of nitrogens with one attached hydrogen (secondary N) is 1. The van der Waals surface area contributed by atoms with E-state index in [4.69, 9.17) is 0 Å². The molecule has 0 spiro atoms. The summed E-state index contributed by atoms with van der Waals surface area (Å²) in [6.07, 6.45) is 2.49. The lowest BCUT2D eigenvalue weighted by molar-refractivity contribution is -0.116. The number of aromatic nitrogens is 4. The summed E-state index contributed by atoms with van der Waals surface area (Å²) in [7, 11) is 0. The molecule has 0 atom stereocenters. The van der Waals surface area contributed by atoms with Gasteiger partial charge in [-0.15, -0.1) is 5.10 Å². The van der Waals surface area contributed by atoms with Gasteiger partial charge in [0.25, 0.3) is 0 Å². The van der Waals surface area contributed by atoms with Gasteiger partial charge in [-0.2, -0.15) is 0 Å². The molecule has 0 unspecified atom stereocenters. The number of nitrogens with zero attached hydrogens (tertiary/aromatic N) is 4. The normalized spacial score (nSPS) is 13.3. The third-order valence-corrected chi connectivity index (χ3v) is 4.46. The average molecular weight is 361 g/mol. The largest absolute Gasteiger partial charge is 0.326 e. The lowest BCUT2D eigenvalue weighted by atomic mass is 10.1. The molecular formula is C20H19N5O2. The maximum Gasteiger partial charge on any atom is 0.224 e. The Morgan fingerprint density at radius 2 is 1.85 bits per heavy atom. The number of ketones is 1. The predicted molar refractivity (Wildman–Crippen MR) is 100 cm³/mol. The Kier molecular flexibility index (Phi) is 4.74. The Hall–Kier alpha value is -3.35. The van der Waals surface area contributed by atoms with Gasteiger partial charge in [-0.05, 0) is 35.4 Å². The Morgan fingerprint density at radius 1 is 1.04 bits per heavy atom. The lowest BCUT2D eigenvalue weighted by Gasteiger charge is -2.08. The van der Waals surface area contributed by atoms with Crippen LogP contribution in [0.5, 0.6) is 0 Å². The van der Waals surface area contributed by atoms with Crippen LogP contribution in [-0.4, -0.2) is 31.9 Å². The van der Waals surface area contributed by atoms with Crippen molar-refractivity contribution in [1.82, 2.24) is 20.2 Å². The highest BCUT2D eigenvalue weighted by atomic mass is 16.2. The van der Waals surface area contributed by atoms with Gasteiger partial charge in [0, 0.05) is 29.7 Å². The third-order valence-electron chi connectivity index (χ3n) is 4.46. The molecule has 4 rings (SSSR count). The van der Waals surface area contributed by atoms with Crippen LogP contribution >= 0.6 is 0 Å². The lowest BCUT2D eigenvalue weighted by Crippen LogP contribution is -2.13. The molecule has 136 valence electrons. The summed E-state index contributed by atoms with van der Waals surface area (Å²) < 4.78 is 1.83. The van der Waals surface area contributed by atoms with Crippen molar-refractivity contribution in [2.24, 2.45) is 0 Å². The molecule has 1 heterocycles. The number of amides is 1. The Balaban J connectivity index is 1.38. The standard InChI is InChI=1S/C20H19N5O2/c26-18(14-5-2-1-3-6-14)11-12-19(27)21-16-8-4-7-15(13-16)20-22-23-24-25(20)17-9-10-17/h1-8,13,17H,9-12H2,(H,21,27). The quantitative estimate of drug-likeness (QED) is 0.652. The second-order valence-corrected chi connectivity index (χ2v) is 6.60. The zero-order chi connectivity index (χ0) is 18.6. The summed E-state index contributed by atoms with van der Waals surface area (Å²) in [5, 5.41) is 14.8. The van der Waals surface area contributed by atoms with Crippen molar-refractivity contribution in [3.63, 3.8) is 0 Å². The maximum atomic E-state index is 12.2. The summed E-state index contributed by atoms with van der Waals surface area (Å²) in [6.45, 7) is 0. The fourth-order valence-corrected chi connectivity index (χ4v) is 2.90. The minimum Gasteiger partial charge on any atom is -0.326 e. The van der Waals surface area contributed by atoms with Crippen LogP contribution in [-0.2, 0) is 4.79 Å². The van der Waals surface area contributed by atoms with E-state index in [1.54, 1.807) is 12.1 Å². The molecule has 1 fully saturated rings. The summed E-state index contributed by atoms with van der Waals surface area (Å²) >= 11 is 0. The first-order chi connectivity index (χ1) is 13.2. The minimum atomic E-state index is -0.196. The summed E-state index contributed by atoms with van der Waals surface area (Å²) in [5.74, 6) is 0.467. The van der Waals surface area contributed by atoms with E-state index in [-0.39, 0.29) is 24.5 Å². The second kappa shape index (κ2) is 7.49. The van der Waals surface area contributed by atoms with Crippen molar-refractivity contribution in [3.05, 3.63) is 60.2 Å². The van der Waals surface area contributed by atoms with Gasteiger partial charge in [0.2, 0.25) is 5.91 Å². The van der Waals surface area contributed by atoms with Gasteiger partial charge >= 0.3 is 0 Å². The van der Waals surface area contributed by atoms with Gasteiger partial charge in [-0.3, -0.25) is 9.59 Å². The molecule has 0 aliphatic heterocycles. The summed E-state index contributed by atoms with van der Waals surface area (Å²) in [5.41, 5.74) is 2.14. The molecule has 0 bridgehead atoms. The monoisotopic (exact) mass is 361 g/mol. The van der Waals surface area contributed by atoms with E-state index in [0.29, 0.717) is 23.1 Å². The van der Waals surface area contributed by atoms with Crippen molar-refractivity contribution < 1.29 is 9.59 Å². The van der Waals surface area contributed by atoms with Crippen molar-refractivity contribution in [3.8, 4) is 11.4 Å². The highest BCUT2D eigenvalue weighted by Gasteiger charge is 2.28. The van der Waals surface area contributed by atoms with Crippen LogP contribution in [0.4, 0.5) is 5.69 Å². The molecule has 7 nitrogen and oxygen atoms in total. The number of anilines is 1.